The van der Waals surface area contributed by atoms with Gasteiger partial charge in [0.05, 0.1) is 11.8 Å². The molecule has 1 aliphatic heterocycles. The van der Waals surface area contributed by atoms with Gasteiger partial charge in [0.1, 0.15) is 0 Å². The molecule has 0 aromatic carbocycles. The second-order valence-electron chi connectivity index (χ2n) is 4.42. The van der Waals surface area contributed by atoms with Crippen LogP contribution in [0.15, 0.2) is 34.8 Å². The van der Waals surface area contributed by atoms with Crippen LogP contribution < -0.4 is 0 Å². The maximum Gasteiger partial charge on any atom is 0.343 e. The summed E-state index contributed by atoms with van der Waals surface area (Å²) in [5.41, 5.74) is 1.07. The fourth-order valence-corrected chi connectivity index (χ4v) is 2.99. The smallest absolute Gasteiger partial charge is 0.322 e. The number of carbonyl (C=O) groups is 1. The number of terminal acetylenes is 1. The largest absolute Gasteiger partial charge is 0.343 e. The highest BCUT2D eigenvalue weighted by Gasteiger charge is 2.25. The highest BCUT2D eigenvalue weighted by Crippen LogP contribution is 2.32. The van der Waals surface area contributed by atoms with E-state index in [1.54, 1.807) is 7.05 Å². The number of rotatable bonds is 0. The van der Waals surface area contributed by atoms with E-state index in [9.17, 15) is 10.0 Å². The van der Waals surface area contributed by atoms with E-state index < -0.39 is 6.03 Å². The summed E-state index contributed by atoms with van der Waals surface area (Å²) in [6, 6.07) is -0.430. The van der Waals surface area contributed by atoms with E-state index in [1.165, 1.54) is 16.7 Å². The van der Waals surface area contributed by atoms with Crippen LogP contribution in [0.1, 0.15) is 6.42 Å². The summed E-state index contributed by atoms with van der Waals surface area (Å²) in [5.74, 6) is 2.62. The maximum atomic E-state index is 11.9. The lowest BCUT2D eigenvalue weighted by molar-refractivity contribution is -0.0508. The number of amides is 2. The van der Waals surface area contributed by atoms with Crippen LogP contribution >= 0.6 is 11.8 Å². The number of fused-ring (bicyclic) bond motifs is 1. The van der Waals surface area contributed by atoms with Crippen LogP contribution in [0.5, 0.6) is 0 Å². The topological polar surface area (TPSA) is 43.8 Å². The third kappa shape index (κ3) is 3.22. The van der Waals surface area contributed by atoms with Crippen molar-refractivity contribution in [3.63, 3.8) is 0 Å². The predicted molar refractivity (Wildman–Crippen MR) is 76.7 cm³/mol. The van der Waals surface area contributed by atoms with Gasteiger partial charge in [0.25, 0.3) is 0 Å². The van der Waals surface area contributed by atoms with Crippen LogP contribution in [-0.2, 0) is 0 Å². The molecule has 5 heteroatoms. The lowest BCUT2D eigenvalue weighted by Gasteiger charge is -2.22. The Morgan fingerprint density at radius 1 is 1.58 bits per heavy atom. The van der Waals surface area contributed by atoms with Crippen molar-refractivity contribution in [2.75, 3.05) is 20.1 Å². The zero-order valence-corrected chi connectivity index (χ0v) is 11.6. The Morgan fingerprint density at radius 2 is 2.37 bits per heavy atom. The number of thioether (sulfide) groups is 1. The summed E-state index contributed by atoms with van der Waals surface area (Å²) in [4.78, 5) is 14.5. The quantitative estimate of drug-likeness (QED) is 0.545. The van der Waals surface area contributed by atoms with Crippen molar-refractivity contribution in [3.8, 4) is 12.3 Å². The summed E-state index contributed by atoms with van der Waals surface area (Å²) in [5, 5.41) is 10.2. The fraction of sp³-hybridized carbons (Fsp3) is 0.357. The zero-order chi connectivity index (χ0) is 13.8. The summed E-state index contributed by atoms with van der Waals surface area (Å²) >= 11 is 1.51. The Labute approximate surface area is 117 Å². The minimum Gasteiger partial charge on any atom is -0.322 e. The molecule has 1 N–H and O–H groups in total. The summed E-state index contributed by atoms with van der Waals surface area (Å²) in [6.45, 7) is 0.590. The molecule has 0 radical (unpaired) electrons. The number of urea groups is 1. The first-order chi connectivity index (χ1) is 9.11. The molecule has 0 aromatic heterocycles. The molecule has 0 bridgehead atoms. The van der Waals surface area contributed by atoms with Crippen molar-refractivity contribution in [2.24, 2.45) is 0 Å². The molecule has 4 nitrogen and oxygen atoms in total. The molecule has 0 spiro atoms. The number of hydrogen-bond donors (Lipinski definition) is 1. The summed E-state index contributed by atoms with van der Waals surface area (Å²) in [7, 11) is 1.67. The molecule has 1 atom stereocenters. The summed E-state index contributed by atoms with van der Waals surface area (Å²) in [6.07, 6.45) is 14.5. The van der Waals surface area contributed by atoms with Gasteiger partial charge in [-0.25, -0.2) is 9.86 Å². The van der Waals surface area contributed by atoms with Gasteiger partial charge in [0.15, 0.2) is 0 Å². The molecule has 2 aliphatic rings. The van der Waals surface area contributed by atoms with Gasteiger partial charge in [-0.15, -0.1) is 18.2 Å². The Balaban J connectivity index is 2.35. The number of allylic oxidation sites excluding steroid dienone is 4. The third-order valence-corrected chi connectivity index (χ3v) is 4.17. The van der Waals surface area contributed by atoms with Gasteiger partial charge < -0.3 is 4.90 Å². The first-order valence-electron chi connectivity index (χ1n) is 6.02. The molecule has 1 unspecified atom stereocenters. The monoisotopic (exact) mass is 276 g/mol. The van der Waals surface area contributed by atoms with Crippen molar-refractivity contribution in [1.29, 1.82) is 0 Å². The van der Waals surface area contributed by atoms with Crippen LogP contribution in [0.2, 0.25) is 0 Å². The highest BCUT2D eigenvalue weighted by atomic mass is 32.2. The van der Waals surface area contributed by atoms with Gasteiger partial charge in [-0.1, -0.05) is 24.1 Å². The van der Waals surface area contributed by atoms with Gasteiger partial charge >= 0.3 is 6.03 Å². The fourth-order valence-electron chi connectivity index (χ4n) is 1.94. The van der Waals surface area contributed by atoms with Gasteiger partial charge in [-0.3, -0.25) is 5.21 Å². The molecule has 0 aromatic rings. The Morgan fingerprint density at radius 3 is 3.11 bits per heavy atom. The molecular formula is C14H16N2O2S. The average Bonchev–Trinajstić information content (AvgIpc) is 2.60. The third-order valence-electron chi connectivity index (χ3n) is 2.95. The van der Waals surface area contributed by atoms with E-state index in [1.807, 2.05) is 12.2 Å². The number of hydrogen-bond acceptors (Lipinski definition) is 3. The van der Waals surface area contributed by atoms with E-state index in [2.05, 4.69) is 18.1 Å². The van der Waals surface area contributed by atoms with Crippen LogP contribution in [0.3, 0.4) is 0 Å². The lowest BCUT2D eigenvalue weighted by atomic mass is 10.2. The van der Waals surface area contributed by atoms with E-state index in [-0.39, 0.29) is 11.8 Å². The Hall–Kier alpha value is -1.64. The van der Waals surface area contributed by atoms with E-state index >= 15 is 0 Å². The van der Waals surface area contributed by atoms with Gasteiger partial charge in [0, 0.05) is 18.5 Å². The van der Waals surface area contributed by atoms with Gasteiger partial charge in [-0.2, -0.15) is 0 Å². The van der Waals surface area contributed by atoms with Crippen molar-refractivity contribution < 1.29 is 10.0 Å². The summed E-state index contributed by atoms with van der Waals surface area (Å²) < 4.78 is 0. The minimum atomic E-state index is -0.430. The molecule has 1 fully saturated rings. The molecule has 2 rings (SSSR count). The number of likely N-dealkylation sites (N-methyl/N-ethyl adjacent to an activating group) is 1. The SMILES string of the molecule is C#CC1CN(O)C(=O)N(C)CC2=CCC=CC=C2S1. The predicted octanol–water partition coefficient (Wildman–Crippen LogP) is 2.25. The molecule has 19 heavy (non-hydrogen) atoms. The molecule has 1 aliphatic carbocycles. The maximum absolute atomic E-state index is 11.9. The molecular weight excluding hydrogens is 260 g/mol. The Bertz CT molecular complexity index is 502. The molecule has 2 amide bonds. The standard InChI is InChI=1S/C14H16N2O2S/c1-3-12-10-16(18)14(17)15(2)9-11-7-5-4-6-8-13(11)19-12/h1,4,6-8,12,18H,5,9-10H2,2H3. The second kappa shape index (κ2) is 6.00. The molecule has 100 valence electrons. The van der Waals surface area contributed by atoms with E-state index in [0.717, 1.165) is 16.9 Å². The van der Waals surface area contributed by atoms with Crippen LogP contribution in [0, 0.1) is 12.3 Å². The van der Waals surface area contributed by atoms with Crippen molar-refractivity contribution >= 4 is 17.8 Å². The molecule has 1 saturated heterocycles. The van der Waals surface area contributed by atoms with Crippen LogP contribution in [0.4, 0.5) is 4.79 Å². The average molecular weight is 276 g/mol. The van der Waals surface area contributed by atoms with Crippen LogP contribution in [-0.4, -0.2) is 46.6 Å². The zero-order valence-electron chi connectivity index (χ0n) is 10.7. The number of hydroxylamine groups is 2. The number of carbonyl (C=O) groups excluding carboxylic acids is 1. The van der Waals surface area contributed by atoms with E-state index in [0.29, 0.717) is 11.6 Å². The van der Waals surface area contributed by atoms with Gasteiger partial charge in [-0.05, 0) is 18.1 Å². The Kier molecular flexibility index (Phi) is 4.35. The van der Waals surface area contributed by atoms with Crippen LogP contribution in [0.25, 0.3) is 0 Å². The van der Waals surface area contributed by atoms with Crippen molar-refractivity contribution in [3.05, 3.63) is 34.8 Å². The first-order valence-corrected chi connectivity index (χ1v) is 6.90. The number of nitrogens with zero attached hydrogens (tertiary/aromatic N) is 2. The minimum absolute atomic E-state index is 0.124. The van der Waals surface area contributed by atoms with Crippen molar-refractivity contribution in [1.82, 2.24) is 9.96 Å². The first kappa shape index (κ1) is 13.8. The second-order valence-corrected chi connectivity index (χ2v) is 5.66. The van der Waals surface area contributed by atoms with E-state index in [4.69, 9.17) is 6.42 Å². The highest BCUT2D eigenvalue weighted by molar-refractivity contribution is 8.04. The van der Waals surface area contributed by atoms with Crippen molar-refractivity contribution in [2.45, 2.75) is 11.7 Å². The normalized spacial score (nSPS) is 24.3. The molecule has 0 saturated carbocycles. The molecule has 1 heterocycles. The van der Waals surface area contributed by atoms with Gasteiger partial charge in [0.2, 0.25) is 0 Å². The lowest BCUT2D eigenvalue weighted by Crippen LogP contribution is -2.41.